The van der Waals surface area contributed by atoms with Crippen molar-refractivity contribution in [1.82, 2.24) is 30.0 Å². The standard InChI is InChI=1S/C27H33F3N6O9S/c28-13-5-12(6-14(29)19(13)30)16-8-36(34-32-16)21-23(40)18(10-38)45-27(25(21)42)46-26-24(41)20(22(39)17(9-37)44-26)35-7-15(31-33-35)11-1-3-43-4-2-11/h5-8,11,17-18,20-27,37-42H,1-4,9-10H2/t17-,18?,20?,21?,22?,23?,24?,25?,26+,27?/m1/s1. The van der Waals surface area contributed by atoms with Gasteiger partial charge in [0.1, 0.15) is 65.3 Å². The summed E-state index contributed by atoms with van der Waals surface area (Å²) in [6.45, 7) is -0.179. The molecular weight excluding hydrogens is 641 g/mol. The zero-order valence-electron chi connectivity index (χ0n) is 24.0. The molecule has 8 unspecified atom stereocenters. The van der Waals surface area contributed by atoms with E-state index in [4.69, 9.17) is 14.2 Å². The van der Waals surface area contributed by atoms with Crippen molar-refractivity contribution in [3.63, 3.8) is 0 Å². The third-order valence-corrected chi connectivity index (χ3v) is 9.85. The fourth-order valence-corrected chi connectivity index (χ4v) is 7.31. The molecule has 2 aromatic heterocycles. The molecule has 6 rings (SSSR count). The van der Waals surface area contributed by atoms with E-state index in [0.29, 0.717) is 31.0 Å². The molecule has 46 heavy (non-hydrogen) atoms. The van der Waals surface area contributed by atoms with Crippen LogP contribution in [-0.4, -0.2) is 135 Å². The average molecular weight is 675 g/mol. The number of benzene rings is 1. The molecule has 0 spiro atoms. The van der Waals surface area contributed by atoms with E-state index < -0.39 is 90.2 Å². The third kappa shape index (κ3) is 6.28. The molecule has 0 radical (unpaired) electrons. The molecule has 3 aliphatic rings. The zero-order valence-corrected chi connectivity index (χ0v) is 24.9. The molecule has 19 heteroatoms. The first kappa shape index (κ1) is 33.2. The van der Waals surface area contributed by atoms with Crippen LogP contribution in [0.4, 0.5) is 13.2 Å². The van der Waals surface area contributed by atoms with Gasteiger partial charge < -0.3 is 44.8 Å². The van der Waals surface area contributed by atoms with Gasteiger partial charge in [0, 0.05) is 30.9 Å². The number of rotatable bonds is 8. The number of hydrogen-bond donors (Lipinski definition) is 6. The van der Waals surface area contributed by atoms with Crippen molar-refractivity contribution in [2.24, 2.45) is 0 Å². The van der Waals surface area contributed by atoms with Crippen LogP contribution in [0, 0.1) is 17.5 Å². The number of ether oxygens (including phenoxy) is 3. The predicted molar refractivity (Wildman–Crippen MR) is 149 cm³/mol. The summed E-state index contributed by atoms with van der Waals surface area (Å²) in [6.07, 6.45) is -4.20. The molecule has 252 valence electrons. The molecule has 10 atom stereocenters. The summed E-state index contributed by atoms with van der Waals surface area (Å²) >= 11 is 0.771. The Hall–Kier alpha value is -2.72. The molecule has 3 aromatic rings. The lowest BCUT2D eigenvalue weighted by Gasteiger charge is -2.46. The van der Waals surface area contributed by atoms with E-state index >= 15 is 0 Å². The van der Waals surface area contributed by atoms with E-state index in [2.05, 4.69) is 20.6 Å². The minimum Gasteiger partial charge on any atom is -0.394 e. The smallest absolute Gasteiger partial charge is 0.194 e. The second-order valence-electron chi connectivity index (χ2n) is 11.4. The Labute approximate surface area is 263 Å². The van der Waals surface area contributed by atoms with Crippen LogP contribution in [0.15, 0.2) is 24.5 Å². The summed E-state index contributed by atoms with van der Waals surface area (Å²) in [5.41, 5.74) is -2.12. The fraction of sp³-hybridized carbons (Fsp3) is 0.630. The van der Waals surface area contributed by atoms with Crippen LogP contribution in [0.2, 0.25) is 0 Å². The van der Waals surface area contributed by atoms with Crippen molar-refractivity contribution in [2.75, 3.05) is 26.4 Å². The maximum absolute atomic E-state index is 13.8. The molecule has 0 amide bonds. The molecule has 5 heterocycles. The Morgan fingerprint density at radius 2 is 1.28 bits per heavy atom. The van der Waals surface area contributed by atoms with Crippen LogP contribution >= 0.6 is 11.8 Å². The van der Waals surface area contributed by atoms with E-state index in [1.807, 2.05) is 0 Å². The first-order valence-corrected chi connectivity index (χ1v) is 15.5. The molecule has 0 saturated carbocycles. The Morgan fingerprint density at radius 1 is 0.761 bits per heavy atom. The SMILES string of the molecule is OCC1OC(S[C@@H]2O[C@H](CO)C(O)C(n3cc(C4CCOCC4)nn3)C2O)C(O)C(n2cc(-c3cc(F)c(F)c(F)c3)nn2)C1O. The largest absolute Gasteiger partial charge is 0.394 e. The maximum atomic E-state index is 13.8. The molecule has 1 aromatic carbocycles. The second-order valence-corrected chi connectivity index (χ2v) is 12.6. The van der Waals surface area contributed by atoms with Crippen LogP contribution in [0.1, 0.15) is 36.5 Å². The van der Waals surface area contributed by atoms with E-state index in [-0.39, 0.29) is 17.2 Å². The molecule has 3 saturated heterocycles. The summed E-state index contributed by atoms with van der Waals surface area (Å²) in [6, 6.07) is -1.02. The Kier molecular flexibility index (Phi) is 9.95. The molecule has 15 nitrogen and oxygen atoms in total. The summed E-state index contributed by atoms with van der Waals surface area (Å²) in [4.78, 5) is 0. The molecule has 0 bridgehead atoms. The molecule has 0 aliphatic carbocycles. The van der Waals surface area contributed by atoms with Crippen molar-refractivity contribution in [2.45, 2.75) is 78.3 Å². The normalized spacial score (nSPS) is 34.2. The van der Waals surface area contributed by atoms with Gasteiger partial charge in [-0.2, -0.15) is 0 Å². The number of hydrogen-bond acceptors (Lipinski definition) is 14. The highest BCUT2D eigenvalue weighted by atomic mass is 32.2. The Bertz CT molecular complexity index is 1480. The third-order valence-electron chi connectivity index (χ3n) is 8.53. The van der Waals surface area contributed by atoms with Gasteiger partial charge in [0.15, 0.2) is 17.5 Å². The van der Waals surface area contributed by atoms with E-state index in [1.54, 1.807) is 6.20 Å². The predicted octanol–water partition coefficient (Wildman–Crippen LogP) is -0.758. The molecule has 3 fully saturated rings. The average Bonchev–Trinajstić information content (AvgIpc) is 3.74. The topological polar surface area (TPSA) is 210 Å². The van der Waals surface area contributed by atoms with Crippen LogP contribution in [0.3, 0.4) is 0 Å². The van der Waals surface area contributed by atoms with Gasteiger partial charge in [0.25, 0.3) is 0 Å². The lowest BCUT2D eigenvalue weighted by atomic mass is 9.96. The monoisotopic (exact) mass is 674 g/mol. The van der Waals surface area contributed by atoms with Crippen molar-refractivity contribution in [3.05, 3.63) is 47.7 Å². The number of halogens is 3. The lowest BCUT2D eigenvalue weighted by Crippen LogP contribution is -2.58. The number of thioether (sulfide) groups is 1. The van der Waals surface area contributed by atoms with E-state index in [9.17, 15) is 43.8 Å². The van der Waals surface area contributed by atoms with Crippen molar-refractivity contribution >= 4 is 11.8 Å². The van der Waals surface area contributed by atoms with Gasteiger partial charge in [-0.3, -0.25) is 0 Å². The Morgan fingerprint density at radius 3 is 1.83 bits per heavy atom. The van der Waals surface area contributed by atoms with Gasteiger partial charge in [0.05, 0.1) is 25.1 Å². The van der Waals surface area contributed by atoms with Gasteiger partial charge in [0.2, 0.25) is 0 Å². The lowest BCUT2D eigenvalue weighted by molar-refractivity contribution is -0.189. The first-order chi connectivity index (χ1) is 22.1. The van der Waals surface area contributed by atoms with Crippen molar-refractivity contribution < 1.29 is 58.0 Å². The summed E-state index contributed by atoms with van der Waals surface area (Å²) in [5, 5.41) is 80.8. The highest BCUT2D eigenvalue weighted by Gasteiger charge is 2.51. The quantitative estimate of drug-likeness (QED) is 0.162. The van der Waals surface area contributed by atoms with Crippen LogP contribution in [-0.2, 0) is 14.2 Å². The zero-order chi connectivity index (χ0) is 32.7. The van der Waals surface area contributed by atoms with Crippen LogP contribution < -0.4 is 0 Å². The fourth-order valence-electron chi connectivity index (χ4n) is 5.99. The molecular formula is C27H33F3N6O9S. The number of aliphatic hydroxyl groups excluding tert-OH is 6. The van der Waals surface area contributed by atoms with Gasteiger partial charge in [-0.05, 0) is 25.0 Å². The summed E-state index contributed by atoms with van der Waals surface area (Å²) in [5.74, 6) is -4.48. The minimum atomic E-state index is -1.66. The first-order valence-electron chi connectivity index (χ1n) is 14.6. The van der Waals surface area contributed by atoms with Gasteiger partial charge >= 0.3 is 0 Å². The van der Waals surface area contributed by atoms with Crippen molar-refractivity contribution in [3.8, 4) is 11.3 Å². The van der Waals surface area contributed by atoms with Crippen molar-refractivity contribution in [1.29, 1.82) is 0 Å². The van der Waals surface area contributed by atoms with E-state index in [0.717, 1.165) is 29.3 Å². The Balaban J connectivity index is 1.24. The second kappa shape index (κ2) is 13.8. The molecule has 6 N–H and O–H groups in total. The van der Waals surface area contributed by atoms with Gasteiger partial charge in [-0.25, -0.2) is 22.5 Å². The van der Waals surface area contributed by atoms with E-state index in [1.165, 1.54) is 10.9 Å². The number of aromatic nitrogens is 6. The number of nitrogens with zero attached hydrogens (tertiary/aromatic N) is 6. The number of aliphatic hydroxyl groups is 6. The highest BCUT2D eigenvalue weighted by molar-refractivity contribution is 8.00. The highest BCUT2D eigenvalue weighted by Crippen LogP contribution is 2.42. The van der Waals surface area contributed by atoms with Crippen LogP contribution in [0.25, 0.3) is 11.3 Å². The van der Waals surface area contributed by atoms with Gasteiger partial charge in [-0.15, -0.1) is 10.2 Å². The summed E-state index contributed by atoms with van der Waals surface area (Å²) in [7, 11) is 0. The van der Waals surface area contributed by atoms with Crippen LogP contribution in [0.5, 0.6) is 0 Å². The minimum absolute atomic E-state index is 0.0819. The van der Waals surface area contributed by atoms with Gasteiger partial charge in [-0.1, -0.05) is 22.2 Å². The molecule has 3 aliphatic heterocycles. The maximum Gasteiger partial charge on any atom is 0.194 e. The summed E-state index contributed by atoms with van der Waals surface area (Å²) < 4.78 is 60.5.